The Morgan fingerprint density at radius 1 is 0.551 bits per heavy atom. The molecule has 0 radical (unpaired) electrons. The van der Waals surface area contributed by atoms with Crippen LogP contribution in [0.1, 0.15) is 40.7 Å². The average molecular weight is 654 g/mol. The predicted octanol–water partition coefficient (Wildman–Crippen LogP) is 6.88. The number of aryl methyl sites for hydroxylation is 3. The molecule has 0 bridgehead atoms. The molecular weight excluding hydrogens is 610 g/mol. The Kier molecular flexibility index (Phi) is 12.7. The third-order valence-corrected chi connectivity index (χ3v) is 8.24. The fourth-order valence-electron chi connectivity index (χ4n) is 5.51. The summed E-state index contributed by atoms with van der Waals surface area (Å²) in [4.78, 5) is 40.9. The minimum Gasteiger partial charge on any atom is -0.457 e. The van der Waals surface area contributed by atoms with Crippen LogP contribution in [0.2, 0.25) is 0 Å². The summed E-state index contributed by atoms with van der Waals surface area (Å²) in [6.07, 6.45) is 2.02. The molecule has 0 heterocycles. The van der Waals surface area contributed by atoms with Crippen molar-refractivity contribution in [2.24, 2.45) is 0 Å². The van der Waals surface area contributed by atoms with E-state index in [1.807, 2.05) is 146 Å². The first kappa shape index (κ1) is 34.6. The maximum absolute atomic E-state index is 13.9. The van der Waals surface area contributed by atoms with Crippen molar-refractivity contribution in [3.8, 4) is 11.5 Å². The van der Waals surface area contributed by atoms with E-state index in [9.17, 15) is 14.4 Å². The highest BCUT2D eigenvalue weighted by Crippen LogP contribution is 2.22. The smallest absolute Gasteiger partial charge is 0.243 e. The third-order valence-electron chi connectivity index (χ3n) is 8.24. The van der Waals surface area contributed by atoms with Gasteiger partial charge in [0, 0.05) is 6.54 Å². The second kappa shape index (κ2) is 18.0. The Hall–Kier alpha value is -5.69. The zero-order chi connectivity index (χ0) is 34.3. The Morgan fingerprint density at radius 2 is 1.08 bits per heavy atom. The summed E-state index contributed by atoms with van der Waals surface area (Å²) < 4.78 is 5.95. The lowest BCUT2D eigenvalue weighted by Crippen LogP contribution is -2.54. The molecule has 7 heteroatoms. The van der Waals surface area contributed by atoms with Crippen molar-refractivity contribution < 1.29 is 19.1 Å². The molecular formula is C42H43N3O4. The summed E-state index contributed by atoms with van der Waals surface area (Å²) in [6, 6.07) is 42.8. The Balaban J connectivity index is 1.28. The highest BCUT2D eigenvalue weighted by molar-refractivity contribution is 5.92. The number of ether oxygens (including phenoxy) is 1. The fraction of sp³-hybridized carbons (Fsp3) is 0.214. The van der Waals surface area contributed by atoms with Gasteiger partial charge in [0.05, 0.1) is 6.42 Å². The van der Waals surface area contributed by atoms with Crippen LogP contribution < -0.4 is 20.7 Å². The van der Waals surface area contributed by atoms with Gasteiger partial charge in [0.15, 0.2) is 0 Å². The van der Waals surface area contributed by atoms with Crippen LogP contribution in [-0.2, 0) is 40.2 Å². The lowest BCUT2D eigenvalue weighted by atomic mass is 10.0. The number of amides is 3. The van der Waals surface area contributed by atoms with Crippen molar-refractivity contribution in [3.63, 3.8) is 0 Å². The van der Waals surface area contributed by atoms with Gasteiger partial charge < -0.3 is 20.7 Å². The summed E-state index contributed by atoms with van der Waals surface area (Å²) in [5.74, 6) is 0.358. The van der Waals surface area contributed by atoms with Gasteiger partial charge in [-0.3, -0.25) is 14.4 Å². The van der Waals surface area contributed by atoms with Gasteiger partial charge in [-0.2, -0.15) is 0 Å². The van der Waals surface area contributed by atoms with Gasteiger partial charge in [-0.25, -0.2) is 0 Å². The van der Waals surface area contributed by atoms with Gasteiger partial charge in [-0.05, 0) is 79.1 Å². The molecule has 0 saturated heterocycles. The molecule has 0 saturated carbocycles. The summed E-state index contributed by atoms with van der Waals surface area (Å²) in [6.45, 7) is 2.36. The molecule has 250 valence electrons. The van der Waals surface area contributed by atoms with E-state index in [1.54, 1.807) is 0 Å². The number of hydrogen-bond donors (Lipinski definition) is 3. The van der Waals surface area contributed by atoms with Crippen molar-refractivity contribution in [3.05, 3.63) is 167 Å². The third kappa shape index (κ3) is 11.5. The summed E-state index contributed by atoms with van der Waals surface area (Å²) in [5, 5.41) is 8.95. The van der Waals surface area contributed by atoms with Crippen LogP contribution in [0.25, 0.3) is 0 Å². The van der Waals surface area contributed by atoms with Crippen molar-refractivity contribution in [1.29, 1.82) is 0 Å². The van der Waals surface area contributed by atoms with Gasteiger partial charge in [0.1, 0.15) is 23.6 Å². The molecule has 0 aromatic heterocycles. The molecule has 5 aromatic carbocycles. The van der Waals surface area contributed by atoms with Gasteiger partial charge in [0.2, 0.25) is 17.7 Å². The molecule has 2 atom stereocenters. The fourth-order valence-corrected chi connectivity index (χ4v) is 5.51. The second-order valence-electron chi connectivity index (χ2n) is 12.2. The van der Waals surface area contributed by atoms with Crippen LogP contribution in [0, 0.1) is 6.92 Å². The molecule has 0 aliphatic rings. The molecule has 0 aliphatic heterocycles. The van der Waals surface area contributed by atoms with Crippen molar-refractivity contribution in [2.45, 2.75) is 57.7 Å². The summed E-state index contributed by atoms with van der Waals surface area (Å²) in [7, 11) is 0. The van der Waals surface area contributed by atoms with Crippen molar-refractivity contribution in [2.75, 3.05) is 0 Å². The molecule has 5 rings (SSSR count). The molecule has 3 N–H and O–H groups in total. The Morgan fingerprint density at radius 3 is 1.69 bits per heavy atom. The van der Waals surface area contributed by atoms with Crippen LogP contribution in [0.3, 0.4) is 0 Å². The molecule has 5 aromatic rings. The Labute approximate surface area is 288 Å². The van der Waals surface area contributed by atoms with Gasteiger partial charge >= 0.3 is 0 Å². The van der Waals surface area contributed by atoms with E-state index in [2.05, 4.69) is 16.0 Å². The van der Waals surface area contributed by atoms with Crippen LogP contribution in [0.4, 0.5) is 0 Å². The first-order valence-electron chi connectivity index (χ1n) is 16.7. The number of carbonyl (C=O) groups excluding carboxylic acids is 3. The van der Waals surface area contributed by atoms with Crippen LogP contribution in [0.15, 0.2) is 140 Å². The number of para-hydroxylation sites is 1. The molecule has 0 fully saturated rings. The zero-order valence-corrected chi connectivity index (χ0v) is 27.8. The normalized spacial score (nSPS) is 11.9. The summed E-state index contributed by atoms with van der Waals surface area (Å²) in [5.41, 5.74) is 4.99. The first-order valence-corrected chi connectivity index (χ1v) is 16.7. The quantitative estimate of drug-likeness (QED) is 0.108. The lowest BCUT2D eigenvalue weighted by Gasteiger charge is -2.24. The standard InChI is InChI=1S/C42H43N3O4/c1-31-20-22-34(23-21-31)30-43-41(47)38(26-24-32-12-5-2-6-13-32)45-42(48)39(27-25-33-14-7-3-8-15-33)44-40(46)29-35-16-11-19-37(28-35)49-36-17-9-4-10-18-36/h2-23,28,38-39H,24-27,29-30H2,1H3,(H,43,47)(H,44,46)(H,45,48)/t38-,39-/m0/s1. The van der Waals surface area contributed by atoms with E-state index < -0.39 is 18.0 Å². The molecule has 3 amide bonds. The van der Waals surface area contributed by atoms with Gasteiger partial charge in [-0.1, -0.05) is 121 Å². The van der Waals surface area contributed by atoms with Crippen LogP contribution >= 0.6 is 0 Å². The molecule has 49 heavy (non-hydrogen) atoms. The van der Waals surface area contributed by atoms with Crippen molar-refractivity contribution >= 4 is 17.7 Å². The molecule has 7 nitrogen and oxygen atoms in total. The number of benzene rings is 5. The van der Waals surface area contributed by atoms with E-state index in [0.29, 0.717) is 43.7 Å². The Bertz CT molecular complexity index is 1780. The SMILES string of the molecule is Cc1ccc(CNC(=O)[C@H](CCc2ccccc2)NC(=O)[C@H](CCc2ccccc2)NC(=O)Cc2cccc(Oc3ccccc3)c2)cc1. The van der Waals surface area contributed by atoms with Crippen molar-refractivity contribution in [1.82, 2.24) is 16.0 Å². The van der Waals surface area contributed by atoms with E-state index in [1.165, 1.54) is 0 Å². The zero-order valence-electron chi connectivity index (χ0n) is 27.8. The largest absolute Gasteiger partial charge is 0.457 e. The van der Waals surface area contributed by atoms with Gasteiger partial charge in [-0.15, -0.1) is 0 Å². The molecule has 0 aliphatic carbocycles. The highest BCUT2D eigenvalue weighted by Gasteiger charge is 2.27. The molecule has 0 unspecified atom stereocenters. The number of hydrogen-bond acceptors (Lipinski definition) is 4. The topological polar surface area (TPSA) is 96.5 Å². The van der Waals surface area contributed by atoms with Gasteiger partial charge in [0.25, 0.3) is 0 Å². The monoisotopic (exact) mass is 653 g/mol. The average Bonchev–Trinajstić information content (AvgIpc) is 3.12. The summed E-state index contributed by atoms with van der Waals surface area (Å²) >= 11 is 0. The van der Waals surface area contributed by atoms with E-state index in [4.69, 9.17) is 4.74 Å². The number of rotatable bonds is 16. The van der Waals surface area contributed by atoms with E-state index in [-0.39, 0.29) is 18.2 Å². The first-order chi connectivity index (χ1) is 23.9. The highest BCUT2D eigenvalue weighted by atomic mass is 16.5. The van der Waals surface area contributed by atoms with E-state index in [0.717, 1.165) is 27.8 Å². The number of nitrogens with one attached hydrogen (secondary N) is 3. The van der Waals surface area contributed by atoms with Crippen LogP contribution in [-0.4, -0.2) is 29.8 Å². The lowest BCUT2D eigenvalue weighted by molar-refractivity contribution is -0.132. The van der Waals surface area contributed by atoms with E-state index >= 15 is 0 Å². The second-order valence-corrected chi connectivity index (χ2v) is 12.2. The maximum Gasteiger partial charge on any atom is 0.243 e. The molecule has 0 spiro atoms. The minimum atomic E-state index is -0.847. The maximum atomic E-state index is 13.9. The van der Waals surface area contributed by atoms with Crippen LogP contribution in [0.5, 0.6) is 11.5 Å². The minimum absolute atomic E-state index is 0.0651. The number of carbonyl (C=O) groups is 3. The predicted molar refractivity (Wildman–Crippen MR) is 193 cm³/mol.